The Kier molecular flexibility index (Phi) is 6.80. The lowest BCUT2D eigenvalue weighted by molar-refractivity contribution is -0.124. The summed E-state index contributed by atoms with van der Waals surface area (Å²) in [5, 5.41) is 18.8. The SMILES string of the molecule is CCn1ncc(CN2CC[C@@](NC(=O)CSC)(c3ccccc3)[C@H](O)C2)c1C. The predicted octanol–water partition coefficient (Wildman–Crippen LogP) is 2.15. The third-order valence-corrected chi connectivity index (χ3v) is 6.20. The largest absolute Gasteiger partial charge is 0.389 e. The molecule has 0 radical (unpaired) electrons. The van der Waals surface area contributed by atoms with Crippen LogP contribution in [0.5, 0.6) is 0 Å². The van der Waals surface area contributed by atoms with Crippen LogP contribution in [-0.4, -0.2) is 56.9 Å². The van der Waals surface area contributed by atoms with Gasteiger partial charge in [-0.15, -0.1) is 0 Å². The Morgan fingerprint density at radius 1 is 1.39 bits per heavy atom. The van der Waals surface area contributed by atoms with E-state index in [4.69, 9.17) is 0 Å². The molecule has 0 bridgehead atoms. The summed E-state index contributed by atoms with van der Waals surface area (Å²) in [4.78, 5) is 14.7. The van der Waals surface area contributed by atoms with Gasteiger partial charge in [-0.2, -0.15) is 16.9 Å². The van der Waals surface area contributed by atoms with Crippen LogP contribution in [-0.2, 0) is 23.4 Å². The topological polar surface area (TPSA) is 70.4 Å². The van der Waals surface area contributed by atoms with Crippen molar-refractivity contribution in [2.24, 2.45) is 0 Å². The highest BCUT2D eigenvalue weighted by Crippen LogP contribution is 2.34. The van der Waals surface area contributed by atoms with E-state index in [0.29, 0.717) is 18.7 Å². The van der Waals surface area contributed by atoms with Gasteiger partial charge >= 0.3 is 0 Å². The minimum atomic E-state index is -0.743. The molecule has 1 amide bonds. The summed E-state index contributed by atoms with van der Waals surface area (Å²) in [6.07, 6.45) is 3.81. The smallest absolute Gasteiger partial charge is 0.230 e. The van der Waals surface area contributed by atoms with Gasteiger partial charge < -0.3 is 10.4 Å². The molecule has 0 unspecified atom stereocenters. The normalized spacial score (nSPS) is 22.9. The lowest BCUT2D eigenvalue weighted by Gasteiger charge is -2.46. The second kappa shape index (κ2) is 9.11. The van der Waals surface area contributed by atoms with Gasteiger partial charge in [-0.3, -0.25) is 14.4 Å². The van der Waals surface area contributed by atoms with E-state index in [2.05, 4.69) is 29.2 Å². The maximum absolute atomic E-state index is 12.4. The lowest BCUT2D eigenvalue weighted by Crippen LogP contribution is -2.62. The predicted molar refractivity (Wildman–Crippen MR) is 113 cm³/mol. The molecule has 0 spiro atoms. The minimum absolute atomic E-state index is 0.0380. The number of likely N-dealkylation sites (tertiary alicyclic amines) is 1. The average molecular weight is 403 g/mol. The molecule has 7 heteroatoms. The Bertz CT molecular complexity index is 795. The summed E-state index contributed by atoms with van der Waals surface area (Å²) in [6, 6.07) is 9.86. The number of nitrogens with one attached hydrogen (secondary N) is 1. The number of carbonyl (C=O) groups excluding carboxylic acids is 1. The van der Waals surface area contributed by atoms with Gasteiger partial charge in [0.2, 0.25) is 5.91 Å². The van der Waals surface area contributed by atoms with Crippen LogP contribution < -0.4 is 5.32 Å². The molecule has 2 aromatic rings. The van der Waals surface area contributed by atoms with Crippen molar-refractivity contribution in [2.45, 2.75) is 45.0 Å². The fraction of sp³-hybridized carbons (Fsp3) is 0.524. The molecule has 1 aliphatic heterocycles. The van der Waals surface area contributed by atoms with E-state index < -0.39 is 11.6 Å². The number of hydrogen-bond donors (Lipinski definition) is 2. The number of carbonyl (C=O) groups is 1. The summed E-state index contributed by atoms with van der Waals surface area (Å²) in [7, 11) is 0. The fourth-order valence-corrected chi connectivity index (χ4v) is 4.38. The molecule has 0 saturated carbocycles. The molecule has 1 aromatic carbocycles. The minimum Gasteiger partial charge on any atom is -0.389 e. The molecule has 1 saturated heterocycles. The highest BCUT2D eigenvalue weighted by molar-refractivity contribution is 7.99. The zero-order valence-corrected chi connectivity index (χ0v) is 17.7. The van der Waals surface area contributed by atoms with E-state index >= 15 is 0 Å². The van der Waals surface area contributed by atoms with Crippen LogP contribution in [0.25, 0.3) is 0 Å². The number of benzene rings is 1. The van der Waals surface area contributed by atoms with Gasteiger partial charge in [0.15, 0.2) is 0 Å². The molecule has 2 atom stereocenters. The second-order valence-corrected chi connectivity index (χ2v) is 8.26. The monoisotopic (exact) mass is 402 g/mol. The molecule has 2 heterocycles. The van der Waals surface area contributed by atoms with Crippen molar-refractivity contribution in [2.75, 3.05) is 25.1 Å². The molecule has 0 aliphatic carbocycles. The van der Waals surface area contributed by atoms with E-state index in [1.165, 1.54) is 23.0 Å². The molecule has 1 aliphatic rings. The number of thioether (sulfide) groups is 1. The number of rotatable bonds is 7. The lowest BCUT2D eigenvalue weighted by atomic mass is 9.78. The molecule has 152 valence electrons. The van der Waals surface area contributed by atoms with Gasteiger partial charge in [0.25, 0.3) is 0 Å². The van der Waals surface area contributed by atoms with E-state index in [1.807, 2.05) is 47.5 Å². The van der Waals surface area contributed by atoms with Crippen molar-refractivity contribution >= 4 is 17.7 Å². The van der Waals surface area contributed by atoms with Crippen LogP contribution in [0.15, 0.2) is 36.5 Å². The molecular weight excluding hydrogens is 372 g/mol. The molecule has 3 rings (SSSR count). The number of hydrogen-bond acceptors (Lipinski definition) is 5. The molecule has 1 aromatic heterocycles. The molecule has 6 nitrogen and oxygen atoms in total. The number of β-amino-alcohol motifs (C(OH)–C–C–N with tert-alkyl or cyclic N) is 1. The van der Waals surface area contributed by atoms with E-state index in [0.717, 1.165) is 25.2 Å². The number of aryl methyl sites for hydroxylation is 1. The van der Waals surface area contributed by atoms with Crippen LogP contribution in [0.3, 0.4) is 0 Å². The maximum Gasteiger partial charge on any atom is 0.230 e. The number of piperidine rings is 1. The Labute approximate surface area is 171 Å². The zero-order valence-electron chi connectivity index (χ0n) is 16.9. The first kappa shape index (κ1) is 20.9. The Hall–Kier alpha value is -1.83. The van der Waals surface area contributed by atoms with E-state index in [-0.39, 0.29) is 5.91 Å². The highest BCUT2D eigenvalue weighted by Gasteiger charge is 2.44. The van der Waals surface area contributed by atoms with Gasteiger partial charge in [0.1, 0.15) is 0 Å². The van der Waals surface area contributed by atoms with Gasteiger partial charge in [0, 0.05) is 37.4 Å². The number of amides is 1. The summed E-state index contributed by atoms with van der Waals surface area (Å²) in [5.74, 6) is 0.351. The zero-order chi connectivity index (χ0) is 20.1. The number of nitrogens with zero attached hydrogens (tertiary/aromatic N) is 3. The number of aliphatic hydroxyl groups is 1. The van der Waals surface area contributed by atoms with Crippen molar-refractivity contribution in [1.82, 2.24) is 20.0 Å². The van der Waals surface area contributed by atoms with Crippen LogP contribution in [0.2, 0.25) is 0 Å². The first-order valence-corrected chi connectivity index (χ1v) is 11.2. The molecular formula is C21H30N4O2S. The molecule has 2 N–H and O–H groups in total. The summed E-state index contributed by atoms with van der Waals surface area (Å²) >= 11 is 1.49. The van der Waals surface area contributed by atoms with Gasteiger partial charge in [-0.1, -0.05) is 30.3 Å². The Morgan fingerprint density at radius 3 is 2.75 bits per heavy atom. The number of aromatic nitrogens is 2. The van der Waals surface area contributed by atoms with Crippen molar-refractivity contribution in [3.8, 4) is 0 Å². The molecule has 1 fully saturated rings. The van der Waals surface area contributed by atoms with Gasteiger partial charge in [0.05, 0.1) is 23.6 Å². The van der Waals surface area contributed by atoms with Crippen LogP contribution >= 0.6 is 11.8 Å². The average Bonchev–Trinajstić information content (AvgIpc) is 3.04. The maximum atomic E-state index is 12.4. The summed E-state index contributed by atoms with van der Waals surface area (Å²) < 4.78 is 1.99. The van der Waals surface area contributed by atoms with Crippen LogP contribution in [0.4, 0.5) is 0 Å². The van der Waals surface area contributed by atoms with Crippen LogP contribution in [0, 0.1) is 6.92 Å². The van der Waals surface area contributed by atoms with Crippen molar-refractivity contribution in [3.63, 3.8) is 0 Å². The summed E-state index contributed by atoms with van der Waals surface area (Å²) in [6.45, 7) is 7.08. The van der Waals surface area contributed by atoms with Crippen molar-refractivity contribution < 1.29 is 9.90 Å². The summed E-state index contributed by atoms with van der Waals surface area (Å²) in [5.41, 5.74) is 2.58. The highest BCUT2D eigenvalue weighted by atomic mass is 32.2. The first-order valence-electron chi connectivity index (χ1n) is 9.77. The second-order valence-electron chi connectivity index (χ2n) is 7.39. The standard InChI is InChI=1S/C21H30N4O2S/c1-4-25-16(2)17(12-22-25)13-24-11-10-21(19(26)14-24,23-20(27)15-28-3)18-8-6-5-7-9-18/h5-9,12,19,26H,4,10-11,13-15H2,1-3H3,(H,23,27)/t19-,21-/m1/s1. The van der Waals surface area contributed by atoms with E-state index in [9.17, 15) is 9.90 Å². The van der Waals surface area contributed by atoms with E-state index in [1.54, 1.807) is 0 Å². The quantitative estimate of drug-likeness (QED) is 0.743. The number of aliphatic hydroxyl groups excluding tert-OH is 1. The molecule has 28 heavy (non-hydrogen) atoms. The van der Waals surface area contributed by atoms with Crippen LogP contribution in [0.1, 0.15) is 30.2 Å². The van der Waals surface area contributed by atoms with Crippen molar-refractivity contribution in [1.29, 1.82) is 0 Å². The van der Waals surface area contributed by atoms with Gasteiger partial charge in [-0.05, 0) is 32.1 Å². The third-order valence-electron chi connectivity index (χ3n) is 5.65. The third kappa shape index (κ3) is 4.26. The van der Waals surface area contributed by atoms with Gasteiger partial charge in [-0.25, -0.2) is 0 Å². The Morgan fingerprint density at radius 2 is 2.14 bits per heavy atom. The first-order chi connectivity index (χ1) is 13.5. The Balaban J connectivity index is 1.78. The fourth-order valence-electron chi connectivity index (χ4n) is 4.04. The van der Waals surface area contributed by atoms with Crippen molar-refractivity contribution in [3.05, 3.63) is 53.3 Å².